The van der Waals surface area contributed by atoms with Gasteiger partial charge in [0.05, 0.1) is 17.2 Å². The molecule has 0 saturated carbocycles. The van der Waals surface area contributed by atoms with E-state index < -0.39 is 0 Å². The Kier molecular flexibility index (Phi) is 3.69. The van der Waals surface area contributed by atoms with Gasteiger partial charge < -0.3 is 5.32 Å². The van der Waals surface area contributed by atoms with E-state index >= 15 is 0 Å². The van der Waals surface area contributed by atoms with Gasteiger partial charge in [0.2, 0.25) is 5.91 Å². The lowest BCUT2D eigenvalue weighted by atomic mass is 10.2. The number of carbonyl (C=O) groups is 1. The number of amides is 1. The highest BCUT2D eigenvalue weighted by atomic mass is 35.5. The largest absolute Gasteiger partial charge is 0.348 e. The molecule has 1 aromatic rings. The van der Waals surface area contributed by atoms with Gasteiger partial charge in [-0.1, -0.05) is 0 Å². The summed E-state index contributed by atoms with van der Waals surface area (Å²) in [5.41, 5.74) is 2.74. The molecule has 1 aromatic heterocycles. The summed E-state index contributed by atoms with van der Waals surface area (Å²) in [5, 5.41) is 2.77. The average molecular weight is 219 g/mol. The highest BCUT2D eigenvalue weighted by Gasteiger charge is 2.12. The summed E-state index contributed by atoms with van der Waals surface area (Å²) in [6.07, 6.45) is 0. The van der Waals surface area contributed by atoms with E-state index in [1.807, 2.05) is 13.8 Å². The number of nitrogens with one attached hydrogen (secondary N) is 1. The van der Waals surface area contributed by atoms with Crippen LogP contribution in [-0.4, -0.2) is 16.8 Å². The summed E-state index contributed by atoms with van der Waals surface area (Å²) in [6.45, 7) is 3.85. The van der Waals surface area contributed by atoms with E-state index in [1.165, 1.54) is 0 Å². The highest BCUT2D eigenvalue weighted by molar-refractivity contribution is 7.09. The van der Waals surface area contributed by atoms with Crippen molar-refractivity contribution in [2.75, 3.05) is 5.88 Å². The fraction of sp³-hybridized carbons (Fsp3) is 0.500. The lowest BCUT2D eigenvalue weighted by Crippen LogP contribution is -2.27. The second kappa shape index (κ2) is 4.58. The van der Waals surface area contributed by atoms with Crippen LogP contribution in [-0.2, 0) is 4.79 Å². The molecule has 0 spiro atoms. The minimum Gasteiger partial charge on any atom is -0.348 e. The predicted molar refractivity (Wildman–Crippen MR) is 54.1 cm³/mol. The molecular formula is C8H11ClN2OS. The second-order valence-electron chi connectivity index (χ2n) is 2.72. The normalized spacial score (nSPS) is 12.5. The monoisotopic (exact) mass is 218 g/mol. The molecule has 1 rings (SSSR count). The van der Waals surface area contributed by atoms with Crippen LogP contribution in [0.3, 0.4) is 0 Å². The molecule has 0 aliphatic carbocycles. The molecule has 0 radical (unpaired) electrons. The molecule has 0 bridgehead atoms. The van der Waals surface area contributed by atoms with Gasteiger partial charge in [-0.3, -0.25) is 4.79 Å². The van der Waals surface area contributed by atoms with Crippen molar-refractivity contribution in [3.63, 3.8) is 0 Å². The second-order valence-corrected chi connectivity index (χ2v) is 3.88. The first-order chi connectivity index (χ1) is 6.15. The van der Waals surface area contributed by atoms with Crippen LogP contribution < -0.4 is 5.32 Å². The minimum atomic E-state index is -0.151. The molecule has 0 fully saturated rings. The maximum absolute atomic E-state index is 11.0. The topological polar surface area (TPSA) is 42.0 Å². The van der Waals surface area contributed by atoms with E-state index in [4.69, 9.17) is 11.6 Å². The summed E-state index contributed by atoms with van der Waals surface area (Å²) in [4.78, 5) is 16.2. The molecule has 72 valence electrons. The van der Waals surface area contributed by atoms with Crippen LogP contribution in [0.15, 0.2) is 5.51 Å². The molecule has 1 amide bonds. The first-order valence-electron chi connectivity index (χ1n) is 3.90. The lowest BCUT2D eigenvalue weighted by Gasteiger charge is -2.11. The zero-order valence-electron chi connectivity index (χ0n) is 7.50. The first-order valence-corrected chi connectivity index (χ1v) is 5.32. The van der Waals surface area contributed by atoms with Gasteiger partial charge in [-0.05, 0) is 13.8 Å². The van der Waals surface area contributed by atoms with Crippen molar-refractivity contribution >= 4 is 28.8 Å². The van der Waals surface area contributed by atoms with Crippen molar-refractivity contribution in [2.45, 2.75) is 19.9 Å². The van der Waals surface area contributed by atoms with Crippen molar-refractivity contribution in [3.8, 4) is 0 Å². The SMILES string of the molecule is Cc1ncsc1C(C)NC(=O)CCl. The third-order valence-corrected chi connectivity index (χ3v) is 3.03. The number of rotatable bonds is 3. The number of aryl methyl sites for hydroxylation is 1. The number of hydrogen-bond acceptors (Lipinski definition) is 3. The van der Waals surface area contributed by atoms with Crippen LogP contribution in [0.2, 0.25) is 0 Å². The number of carbonyl (C=O) groups excluding carboxylic acids is 1. The first kappa shape index (κ1) is 10.5. The Bertz CT molecular complexity index is 300. The predicted octanol–water partition coefficient (Wildman–Crippen LogP) is 1.87. The Morgan fingerprint density at radius 2 is 2.54 bits per heavy atom. The van der Waals surface area contributed by atoms with Crippen LogP contribution in [0.1, 0.15) is 23.5 Å². The van der Waals surface area contributed by atoms with Crippen LogP contribution in [0.25, 0.3) is 0 Å². The molecule has 5 heteroatoms. The third kappa shape index (κ3) is 2.67. The molecule has 1 N–H and O–H groups in total. The molecule has 0 saturated heterocycles. The number of alkyl halides is 1. The molecular weight excluding hydrogens is 208 g/mol. The van der Waals surface area contributed by atoms with Gasteiger partial charge in [0.1, 0.15) is 5.88 Å². The summed E-state index contributed by atoms with van der Waals surface area (Å²) in [7, 11) is 0. The van der Waals surface area contributed by atoms with Crippen LogP contribution in [0, 0.1) is 6.92 Å². The van der Waals surface area contributed by atoms with Gasteiger partial charge >= 0.3 is 0 Å². The van der Waals surface area contributed by atoms with Crippen LogP contribution in [0.4, 0.5) is 0 Å². The molecule has 1 atom stereocenters. The maximum Gasteiger partial charge on any atom is 0.235 e. The van der Waals surface area contributed by atoms with E-state index in [0.717, 1.165) is 10.6 Å². The van der Waals surface area contributed by atoms with Gasteiger partial charge in [-0.25, -0.2) is 4.98 Å². The maximum atomic E-state index is 11.0. The third-order valence-electron chi connectivity index (χ3n) is 1.67. The fourth-order valence-corrected chi connectivity index (χ4v) is 1.96. The van der Waals surface area contributed by atoms with E-state index in [1.54, 1.807) is 16.8 Å². The van der Waals surface area contributed by atoms with E-state index in [9.17, 15) is 4.79 Å². The van der Waals surface area contributed by atoms with Gasteiger partial charge in [-0.2, -0.15) is 0 Å². The molecule has 0 aliphatic rings. The minimum absolute atomic E-state index is 0.00116. The number of thiazole rings is 1. The van der Waals surface area contributed by atoms with E-state index in [2.05, 4.69) is 10.3 Å². The van der Waals surface area contributed by atoms with Crippen molar-refractivity contribution in [2.24, 2.45) is 0 Å². The van der Waals surface area contributed by atoms with Gasteiger partial charge in [0.25, 0.3) is 0 Å². The van der Waals surface area contributed by atoms with Crippen LogP contribution >= 0.6 is 22.9 Å². The summed E-state index contributed by atoms with van der Waals surface area (Å²) < 4.78 is 0. The quantitative estimate of drug-likeness (QED) is 0.788. The highest BCUT2D eigenvalue weighted by Crippen LogP contribution is 2.20. The standard InChI is InChI=1S/C8H11ClN2OS/c1-5-8(13-4-10-5)6(2)11-7(12)3-9/h4,6H,3H2,1-2H3,(H,11,12). The summed E-state index contributed by atoms with van der Waals surface area (Å²) in [6, 6.07) is -0.00116. The number of nitrogens with zero attached hydrogens (tertiary/aromatic N) is 1. The van der Waals surface area contributed by atoms with Crippen LogP contribution in [0.5, 0.6) is 0 Å². The Balaban J connectivity index is 2.63. The molecule has 13 heavy (non-hydrogen) atoms. The Morgan fingerprint density at radius 1 is 1.85 bits per heavy atom. The summed E-state index contributed by atoms with van der Waals surface area (Å²) >= 11 is 6.91. The van der Waals surface area contributed by atoms with Gasteiger partial charge in [0.15, 0.2) is 0 Å². The lowest BCUT2D eigenvalue weighted by molar-refractivity contribution is -0.119. The molecule has 3 nitrogen and oxygen atoms in total. The fourth-order valence-electron chi connectivity index (χ4n) is 1.07. The Hall–Kier alpha value is -0.610. The number of halogens is 1. The number of aromatic nitrogens is 1. The Morgan fingerprint density at radius 3 is 3.00 bits per heavy atom. The van der Waals surface area contributed by atoms with Gasteiger partial charge in [0, 0.05) is 4.88 Å². The van der Waals surface area contributed by atoms with Crippen molar-refractivity contribution < 1.29 is 4.79 Å². The average Bonchev–Trinajstić information content (AvgIpc) is 2.51. The van der Waals surface area contributed by atoms with E-state index in [0.29, 0.717) is 0 Å². The smallest absolute Gasteiger partial charge is 0.235 e. The molecule has 0 aliphatic heterocycles. The molecule has 1 unspecified atom stereocenters. The zero-order valence-corrected chi connectivity index (χ0v) is 9.08. The van der Waals surface area contributed by atoms with E-state index in [-0.39, 0.29) is 17.8 Å². The van der Waals surface area contributed by atoms with Crippen molar-refractivity contribution in [1.29, 1.82) is 0 Å². The Labute approximate surface area is 86.1 Å². The van der Waals surface area contributed by atoms with Crippen molar-refractivity contribution in [1.82, 2.24) is 10.3 Å². The zero-order chi connectivity index (χ0) is 9.84. The van der Waals surface area contributed by atoms with Gasteiger partial charge in [-0.15, -0.1) is 22.9 Å². The molecule has 1 heterocycles. The summed E-state index contributed by atoms with van der Waals surface area (Å²) in [5.74, 6) is -0.149. The number of hydrogen-bond donors (Lipinski definition) is 1. The molecule has 0 aromatic carbocycles. The van der Waals surface area contributed by atoms with Crippen molar-refractivity contribution in [3.05, 3.63) is 16.1 Å².